The van der Waals surface area contributed by atoms with Crippen molar-refractivity contribution in [3.05, 3.63) is 26.7 Å². The van der Waals surface area contributed by atoms with E-state index in [4.69, 9.17) is 5.11 Å². The molecular weight excluding hydrogens is 240 g/mol. The van der Waals surface area contributed by atoms with Gasteiger partial charge in [-0.1, -0.05) is 6.92 Å². The van der Waals surface area contributed by atoms with Crippen molar-refractivity contribution in [1.29, 1.82) is 0 Å². The number of fused-ring (bicyclic) bond motifs is 1. The number of H-pyrrole nitrogens is 2. The number of hydrogen-bond acceptors (Lipinski definition) is 4. The summed E-state index contributed by atoms with van der Waals surface area (Å²) in [6.07, 6.45) is 0.649. The van der Waals surface area contributed by atoms with Crippen LogP contribution in [0.3, 0.4) is 0 Å². The van der Waals surface area contributed by atoms with E-state index in [-0.39, 0.29) is 23.0 Å². The average Bonchev–Trinajstić information content (AvgIpc) is 2.73. The fourth-order valence-corrected chi connectivity index (χ4v) is 1.71. The quantitative estimate of drug-likeness (QED) is 0.714. The molecule has 0 spiro atoms. The predicted octanol–water partition coefficient (Wildman–Crippen LogP) is 0.0821. The molecule has 2 aromatic rings. The van der Waals surface area contributed by atoms with Gasteiger partial charge in [-0.2, -0.15) is 0 Å². The van der Waals surface area contributed by atoms with Crippen LogP contribution in [0, 0.1) is 0 Å². The Labute approximate surface area is 100 Å². The number of aromatic amines is 2. The molecule has 18 heavy (non-hydrogen) atoms. The van der Waals surface area contributed by atoms with Crippen molar-refractivity contribution in [2.24, 2.45) is 0 Å². The number of nitrogens with zero attached hydrogens (tertiary/aromatic N) is 2. The van der Waals surface area contributed by atoms with Gasteiger partial charge in [0.25, 0.3) is 5.56 Å². The number of carboxylic acid groups (broad SMARTS) is 1. The van der Waals surface area contributed by atoms with Gasteiger partial charge in [-0.25, -0.2) is 14.6 Å². The zero-order chi connectivity index (χ0) is 13.4. The van der Waals surface area contributed by atoms with E-state index in [9.17, 15) is 14.4 Å². The molecule has 0 amide bonds. The summed E-state index contributed by atoms with van der Waals surface area (Å²) in [7, 11) is 0. The van der Waals surface area contributed by atoms with Crippen LogP contribution >= 0.6 is 0 Å². The van der Waals surface area contributed by atoms with Gasteiger partial charge < -0.3 is 10.1 Å². The lowest BCUT2D eigenvalue weighted by atomic mass is 10.2. The van der Waals surface area contributed by atoms with E-state index in [1.165, 1.54) is 4.57 Å². The Bertz CT molecular complexity index is 724. The van der Waals surface area contributed by atoms with E-state index in [0.29, 0.717) is 6.42 Å². The third-order valence-corrected chi connectivity index (χ3v) is 2.81. The molecule has 2 aromatic heterocycles. The predicted molar refractivity (Wildman–Crippen MR) is 62.9 cm³/mol. The summed E-state index contributed by atoms with van der Waals surface area (Å²) in [4.78, 5) is 42.5. The SMILES string of the molecule is CCC(C)n1c(=O)[nH]c(=O)c2[nH]c(C(=O)O)nc21. The van der Waals surface area contributed by atoms with E-state index in [2.05, 4.69) is 15.0 Å². The minimum absolute atomic E-state index is 0.00713. The first-order chi connectivity index (χ1) is 8.45. The van der Waals surface area contributed by atoms with Gasteiger partial charge in [-0.3, -0.25) is 14.3 Å². The first kappa shape index (κ1) is 12.1. The van der Waals surface area contributed by atoms with Gasteiger partial charge >= 0.3 is 11.7 Å². The molecule has 8 heteroatoms. The maximum Gasteiger partial charge on any atom is 0.371 e. The molecule has 2 heterocycles. The zero-order valence-electron chi connectivity index (χ0n) is 9.85. The van der Waals surface area contributed by atoms with Gasteiger partial charge in [0.1, 0.15) is 5.52 Å². The van der Waals surface area contributed by atoms with E-state index >= 15 is 0 Å². The number of imidazole rings is 1. The Hall–Kier alpha value is -2.38. The minimum atomic E-state index is -1.28. The summed E-state index contributed by atoms with van der Waals surface area (Å²) >= 11 is 0. The molecule has 0 fully saturated rings. The Kier molecular flexibility index (Phi) is 2.77. The van der Waals surface area contributed by atoms with Crippen molar-refractivity contribution in [3.63, 3.8) is 0 Å². The van der Waals surface area contributed by atoms with Crippen LogP contribution in [0.5, 0.6) is 0 Å². The third-order valence-electron chi connectivity index (χ3n) is 2.81. The largest absolute Gasteiger partial charge is 0.475 e. The van der Waals surface area contributed by atoms with E-state index in [1.54, 1.807) is 6.92 Å². The fourth-order valence-electron chi connectivity index (χ4n) is 1.71. The van der Waals surface area contributed by atoms with Gasteiger partial charge in [0.2, 0.25) is 5.82 Å². The molecule has 2 rings (SSSR count). The topological polar surface area (TPSA) is 121 Å². The van der Waals surface area contributed by atoms with Crippen LogP contribution in [0.4, 0.5) is 0 Å². The molecule has 0 saturated carbocycles. The smallest absolute Gasteiger partial charge is 0.371 e. The van der Waals surface area contributed by atoms with Crippen LogP contribution < -0.4 is 11.2 Å². The number of aromatic nitrogens is 4. The van der Waals surface area contributed by atoms with Gasteiger partial charge in [-0.15, -0.1) is 0 Å². The molecule has 8 nitrogen and oxygen atoms in total. The fraction of sp³-hybridized carbons (Fsp3) is 0.400. The van der Waals surface area contributed by atoms with Crippen molar-refractivity contribution < 1.29 is 9.90 Å². The van der Waals surface area contributed by atoms with Crippen molar-refractivity contribution in [3.8, 4) is 0 Å². The van der Waals surface area contributed by atoms with Crippen LogP contribution in [0.15, 0.2) is 9.59 Å². The number of nitrogens with one attached hydrogen (secondary N) is 2. The highest BCUT2D eigenvalue weighted by molar-refractivity contribution is 5.87. The molecule has 1 atom stereocenters. The highest BCUT2D eigenvalue weighted by atomic mass is 16.4. The number of hydrogen-bond donors (Lipinski definition) is 3. The van der Waals surface area contributed by atoms with Gasteiger partial charge in [0.05, 0.1) is 0 Å². The normalized spacial score (nSPS) is 12.8. The van der Waals surface area contributed by atoms with Crippen molar-refractivity contribution in [1.82, 2.24) is 19.5 Å². The lowest BCUT2D eigenvalue weighted by Gasteiger charge is -2.12. The van der Waals surface area contributed by atoms with Gasteiger partial charge in [-0.05, 0) is 13.3 Å². The Morgan fingerprint density at radius 1 is 1.44 bits per heavy atom. The Balaban J connectivity index is 2.89. The van der Waals surface area contributed by atoms with E-state index in [1.807, 2.05) is 6.92 Å². The van der Waals surface area contributed by atoms with Crippen LogP contribution in [0.2, 0.25) is 0 Å². The molecule has 96 valence electrons. The lowest BCUT2D eigenvalue weighted by Crippen LogP contribution is -2.32. The summed E-state index contributed by atoms with van der Waals surface area (Å²) in [6, 6.07) is -0.193. The second kappa shape index (κ2) is 4.13. The standard InChI is InChI=1S/C10H12N4O4/c1-3-4(2)14-7-5(8(15)13-10(14)18)11-6(12-7)9(16)17/h4H,3H2,1-2H3,(H,11,12)(H,16,17)(H,13,15,18). The molecule has 0 aliphatic heterocycles. The molecule has 0 aliphatic rings. The molecule has 0 aliphatic carbocycles. The number of carboxylic acids is 1. The molecule has 1 unspecified atom stereocenters. The van der Waals surface area contributed by atoms with Gasteiger partial charge in [0.15, 0.2) is 5.65 Å². The van der Waals surface area contributed by atoms with E-state index < -0.39 is 17.2 Å². The average molecular weight is 252 g/mol. The number of carbonyl (C=O) groups is 1. The first-order valence-electron chi connectivity index (χ1n) is 5.43. The van der Waals surface area contributed by atoms with Crippen molar-refractivity contribution in [2.75, 3.05) is 0 Å². The summed E-state index contributed by atoms with van der Waals surface area (Å²) in [5, 5.41) is 8.84. The van der Waals surface area contributed by atoms with E-state index in [0.717, 1.165) is 0 Å². The number of rotatable bonds is 3. The van der Waals surface area contributed by atoms with Crippen molar-refractivity contribution in [2.45, 2.75) is 26.3 Å². The Morgan fingerprint density at radius 2 is 2.11 bits per heavy atom. The lowest BCUT2D eigenvalue weighted by molar-refractivity contribution is 0.0685. The van der Waals surface area contributed by atoms with Crippen LogP contribution in [0.1, 0.15) is 36.9 Å². The summed E-state index contributed by atoms with van der Waals surface area (Å²) in [5.41, 5.74) is -1.21. The third kappa shape index (κ3) is 1.71. The highest BCUT2D eigenvalue weighted by Gasteiger charge is 2.18. The summed E-state index contributed by atoms with van der Waals surface area (Å²) in [6.45, 7) is 3.66. The van der Waals surface area contributed by atoms with Crippen molar-refractivity contribution >= 4 is 17.1 Å². The maximum atomic E-state index is 11.7. The number of aromatic carboxylic acids is 1. The first-order valence-corrected chi connectivity index (χ1v) is 5.43. The van der Waals surface area contributed by atoms with Crippen LogP contribution in [-0.4, -0.2) is 30.6 Å². The summed E-state index contributed by atoms with van der Waals surface area (Å²) < 4.78 is 1.28. The molecule has 0 radical (unpaired) electrons. The molecular formula is C10H12N4O4. The molecule has 0 bridgehead atoms. The van der Waals surface area contributed by atoms with Crippen LogP contribution in [-0.2, 0) is 0 Å². The zero-order valence-corrected chi connectivity index (χ0v) is 9.85. The second-order valence-corrected chi connectivity index (χ2v) is 3.98. The Morgan fingerprint density at radius 3 is 2.67 bits per heavy atom. The molecule has 0 saturated heterocycles. The minimum Gasteiger partial charge on any atom is -0.475 e. The maximum absolute atomic E-state index is 11.7. The molecule has 0 aromatic carbocycles. The molecule has 3 N–H and O–H groups in total. The highest BCUT2D eigenvalue weighted by Crippen LogP contribution is 2.13. The van der Waals surface area contributed by atoms with Crippen LogP contribution in [0.25, 0.3) is 11.2 Å². The second-order valence-electron chi connectivity index (χ2n) is 3.98. The van der Waals surface area contributed by atoms with Gasteiger partial charge in [0, 0.05) is 6.04 Å². The monoisotopic (exact) mass is 252 g/mol. The summed E-state index contributed by atoms with van der Waals surface area (Å²) in [5.74, 6) is -1.65.